The maximum Gasteiger partial charge on any atom is 0.330 e. The van der Waals surface area contributed by atoms with Gasteiger partial charge in [-0.2, -0.15) is 0 Å². The van der Waals surface area contributed by atoms with Crippen molar-refractivity contribution in [2.75, 3.05) is 20.8 Å². The van der Waals surface area contributed by atoms with E-state index in [1.54, 1.807) is 32.0 Å². The third-order valence-electron chi connectivity index (χ3n) is 5.10. The van der Waals surface area contributed by atoms with Crippen molar-refractivity contribution in [3.63, 3.8) is 0 Å². The lowest BCUT2D eigenvalue weighted by Gasteiger charge is -2.58. The van der Waals surface area contributed by atoms with Gasteiger partial charge in [-0.1, -0.05) is 19.9 Å². The zero-order valence-corrected chi connectivity index (χ0v) is 15.2. The van der Waals surface area contributed by atoms with Gasteiger partial charge in [-0.15, -0.1) is 0 Å². The van der Waals surface area contributed by atoms with Gasteiger partial charge in [0.05, 0.1) is 25.9 Å². The lowest BCUT2D eigenvalue weighted by molar-refractivity contribution is -0.190. The number of carboxylic acid groups (broad SMARTS) is 1. The normalized spacial score (nSPS) is 24.1. The molecule has 2 N–H and O–H groups in total. The highest BCUT2D eigenvalue weighted by molar-refractivity contribution is 6.01. The van der Waals surface area contributed by atoms with E-state index in [-0.39, 0.29) is 23.8 Å². The molecule has 2 unspecified atom stereocenters. The molecule has 1 aliphatic carbocycles. The van der Waals surface area contributed by atoms with Gasteiger partial charge in [0.15, 0.2) is 11.5 Å². The Morgan fingerprint density at radius 2 is 1.96 bits per heavy atom. The summed E-state index contributed by atoms with van der Waals surface area (Å²) in [6.45, 7) is 5.92. The third-order valence-corrected chi connectivity index (χ3v) is 5.10. The second-order valence-electron chi connectivity index (χ2n) is 6.58. The Morgan fingerprint density at radius 1 is 1.28 bits per heavy atom. The molecule has 1 aromatic carbocycles. The second kappa shape index (κ2) is 6.92. The summed E-state index contributed by atoms with van der Waals surface area (Å²) in [5, 5.41) is 12.5. The SMILES string of the molecule is CCOC1CC(NC(=O)c2cccc(OC)c2OC)(C(=O)O)C1(C)C. The van der Waals surface area contributed by atoms with E-state index in [2.05, 4.69) is 5.32 Å². The van der Waals surface area contributed by atoms with Crippen molar-refractivity contribution in [1.29, 1.82) is 0 Å². The molecule has 0 bridgehead atoms. The molecule has 0 saturated heterocycles. The van der Waals surface area contributed by atoms with Crippen molar-refractivity contribution in [1.82, 2.24) is 5.32 Å². The summed E-state index contributed by atoms with van der Waals surface area (Å²) >= 11 is 0. The molecule has 7 heteroatoms. The first-order valence-corrected chi connectivity index (χ1v) is 8.13. The smallest absolute Gasteiger partial charge is 0.330 e. The number of amides is 1. The van der Waals surface area contributed by atoms with Crippen molar-refractivity contribution in [2.45, 2.75) is 38.8 Å². The number of aliphatic carboxylic acids is 1. The minimum absolute atomic E-state index is 0.210. The zero-order valence-electron chi connectivity index (χ0n) is 15.2. The van der Waals surface area contributed by atoms with Crippen LogP contribution in [0.2, 0.25) is 0 Å². The molecule has 2 atom stereocenters. The van der Waals surface area contributed by atoms with Crippen LogP contribution in [0, 0.1) is 5.41 Å². The maximum absolute atomic E-state index is 12.8. The van der Waals surface area contributed by atoms with Crippen LogP contribution in [-0.4, -0.2) is 49.5 Å². The summed E-state index contributed by atoms with van der Waals surface area (Å²) in [6.07, 6.45) is -0.0256. The van der Waals surface area contributed by atoms with Crippen molar-refractivity contribution < 1.29 is 28.9 Å². The molecule has 0 radical (unpaired) electrons. The van der Waals surface area contributed by atoms with E-state index in [4.69, 9.17) is 14.2 Å². The predicted molar refractivity (Wildman–Crippen MR) is 91.2 cm³/mol. The van der Waals surface area contributed by atoms with Crippen LogP contribution in [0.15, 0.2) is 18.2 Å². The first kappa shape index (κ1) is 19.1. The highest BCUT2D eigenvalue weighted by Crippen LogP contribution is 2.51. The van der Waals surface area contributed by atoms with Gasteiger partial charge < -0.3 is 24.6 Å². The van der Waals surface area contributed by atoms with E-state index in [1.807, 2.05) is 6.92 Å². The van der Waals surface area contributed by atoms with E-state index >= 15 is 0 Å². The van der Waals surface area contributed by atoms with Crippen LogP contribution >= 0.6 is 0 Å². The molecule has 138 valence electrons. The van der Waals surface area contributed by atoms with Crippen molar-refractivity contribution in [2.24, 2.45) is 5.41 Å². The molecule has 1 fully saturated rings. The molecule has 0 aliphatic heterocycles. The van der Waals surface area contributed by atoms with Crippen LogP contribution in [0.5, 0.6) is 11.5 Å². The molecule has 1 aliphatic rings. The van der Waals surface area contributed by atoms with Crippen LogP contribution in [-0.2, 0) is 9.53 Å². The van der Waals surface area contributed by atoms with E-state index in [1.165, 1.54) is 14.2 Å². The van der Waals surface area contributed by atoms with Gasteiger partial charge in [0.2, 0.25) is 0 Å². The molecule has 2 rings (SSSR count). The largest absolute Gasteiger partial charge is 0.493 e. The molecule has 1 aromatic rings. The topological polar surface area (TPSA) is 94.1 Å². The van der Waals surface area contributed by atoms with Crippen LogP contribution in [0.25, 0.3) is 0 Å². The van der Waals surface area contributed by atoms with Crippen LogP contribution in [0.4, 0.5) is 0 Å². The third kappa shape index (κ3) is 2.93. The maximum atomic E-state index is 12.8. The Morgan fingerprint density at radius 3 is 2.44 bits per heavy atom. The lowest BCUT2D eigenvalue weighted by atomic mass is 9.54. The Balaban J connectivity index is 2.34. The van der Waals surface area contributed by atoms with E-state index < -0.39 is 22.8 Å². The highest BCUT2D eigenvalue weighted by atomic mass is 16.5. The van der Waals surface area contributed by atoms with Gasteiger partial charge in [-0.25, -0.2) is 4.79 Å². The minimum Gasteiger partial charge on any atom is -0.493 e. The van der Waals surface area contributed by atoms with Crippen molar-refractivity contribution in [3.05, 3.63) is 23.8 Å². The molecule has 0 heterocycles. The number of hydrogen-bond acceptors (Lipinski definition) is 5. The molecular formula is C18H25NO6. The summed E-state index contributed by atoms with van der Waals surface area (Å²) in [6, 6.07) is 4.89. The summed E-state index contributed by atoms with van der Waals surface area (Å²) in [7, 11) is 2.90. The molecule has 0 aromatic heterocycles. The first-order valence-electron chi connectivity index (χ1n) is 8.13. The van der Waals surface area contributed by atoms with Crippen molar-refractivity contribution >= 4 is 11.9 Å². The number of carbonyl (C=O) groups excluding carboxylic acids is 1. The van der Waals surface area contributed by atoms with E-state index in [0.717, 1.165) is 0 Å². The average molecular weight is 351 g/mol. The number of para-hydroxylation sites is 1. The fourth-order valence-electron chi connectivity index (χ4n) is 3.36. The quantitative estimate of drug-likeness (QED) is 0.781. The monoisotopic (exact) mass is 351 g/mol. The van der Waals surface area contributed by atoms with Gasteiger partial charge in [0.1, 0.15) is 5.54 Å². The highest BCUT2D eigenvalue weighted by Gasteiger charge is 2.66. The van der Waals surface area contributed by atoms with Gasteiger partial charge in [0.25, 0.3) is 5.91 Å². The number of methoxy groups -OCH3 is 2. The van der Waals surface area contributed by atoms with E-state index in [0.29, 0.717) is 12.4 Å². The number of hydrogen-bond donors (Lipinski definition) is 2. The van der Waals surface area contributed by atoms with Gasteiger partial charge in [0, 0.05) is 18.4 Å². The Hall–Kier alpha value is -2.28. The van der Waals surface area contributed by atoms with Gasteiger partial charge in [-0.05, 0) is 19.1 Å². The Labute approximate surface area is 147 Å². The summed E-state index contributed by atoms with van der Waals surface area (Å²) in [4.78, 5) is 24.8. The number of carbonyl (C=O) groups is 2. The molecule has 1 saturated carbocycles. The van der Waals surface area contributed by atoms with E-state index in [9.17, 15) is 14.7 Å². The van der Waals surface area contributed by atoms with Crippen LogP contribution < -0.4 is 14.8 Å². The molecule has 7 nitrogen and oxygen atoms in total. The van der Waals surface area contributed by atoms with Crippen LogP contribution in [0.3, 0.4) is 0 Å². The first-order chi connectivity index (χ1) is 11.7. The van der Waals surface area contributed by atoms with Gasteiger partial charge in [-0.3, -0.25) is 4.79 Å². The second-order valence-corrected chi connectivity index (χ2v) is 6.58. The lowest BCUT2D eigenvalue weighted by Crippen LogP contribution is -2.76. The Kier molecular flexibility index (Phi) is 5.27. The number of ether oxygens (including phenoxy) is 3. The zero-order chi connectivity index (χ0) is 18.8. The molecule has 1 amide bonds. The fraction of sp³-hybridized carbons (Fsp3) is 0.556. The fourth-order valence-corrected chi connectivity index (χ4v) is 3.36. The summed E-state index contributed by atoms with van der Waals surface area (Å²) in [5.74, 6) is -0.939. The number of rotatable bonds is 7. The average Bonchev–Trinajstić information content (AvgIpc) is 2.59. The Bertz CT molecular complexity index is 672. The standard InChI is InChI=1S/C18H25NO6/c1-6-25-13-10-18(16(21)22,17(13,2)3)19-15(20)11-8-7-9-12(23-4)14(11)24-5/h7-9,13H,6,10H2,1-5H3,(H,19,20)(H,21,22). The number of nitrogens with one attached hydrogen (secondary N) is 1. The van der Waals surface area contributed by atoms with Gasteiger partial charge >= 0.3 is 5.97 Å². The molecular weight excluding hydrogens is 326 g/mol. The summed E-state index contributed by atoms with van der Waals surface area (Å²) in [5.41, 5.74) is -1.94. The molecule has 0 spiro atoms. The number of carboxylic acids is 1. The molecule has 25 heavy (non-hydrogen) atoms. The van der Waals surface area contributed by atoms with Crippen molar-refractivity contribution in [3.8, 4) is 11.5 Å². The predicted octanol–water partition coefficient (Wildman–Crippen LogP) is 2.09. The minimum atomic E-state index is -1.40. The summed E-state index contributed by atoms with van der Waals surface area (Å²) < 4.78 is 16.1. The number of benzene rings is 1. The van der Waals surface area contributed by atoms with Crippen LogP contribution in [0.1, 0.15) is 37.6 Å².